The number of hydrogen-bond donors (Lipinski definition) is 1. The lowest BCUT2D eigenvalue weighted by Gasteiger charge is -2.14. The van der Waals surface area contributed by atoms with Gasteiger partial charge in [-0.25, -0.2) is 0 Å². The normalized spacial score (nSPS) is 21.8. The van der Waals surface area contributed by atoms with Crippen molar-refractivity contribution in [3.8, 4) is 0 Å². The van der Waals surface area contributed by atoms with Crippen LogP contribution in [0.4, 0.5) is 10.7 Å². The summed E-state index contributed by atoms with van der Waals surface area (Å²) in [5.41, 5.74) is 0.125. The topological polar surface area (TPSA) is 66.6 Å². The summed E-state index contributed by atoms with van der Waals surface area (Å²) in [6.45, 7) is 5.50. The minimum atomic E-state index is -0.646. The van der Waals surface area contributed by atoms with Crippen LogP contribution in [0.3, 0.4) is 0 Å². The lowest BCUT2D eigenvalue weighted by Crippen LogP contribution is -2.18. The molecule has 1 fully saturated rings. The van der Waals surface area contributed by atoms with Gasteiger partial charge in [0.05, 0.1) is 11.0 Å². The number of aliphatic hydroxyl groups is 1. The van der Waals surface area contributed by atoms with Gasteiger partial charge < -0.3 is 10.0 Å². The maximum Gasteiger partial charge on any atom is 0.304 e. The summed E-state index contributed by atoms with van der Waals surface area (Å²) in [5.74, 6) is 0.576. The van der Waals surface area contributed by atoms with Crippen LogP contribution in [-0.2, 0) is 0 Å². The van der Waals surface area contributed by atoms with Gasteiger partial charge in [0.25, 0.3) is 0 Å². The maximum atomic E-state index is 11.0. The van der Waals surface area contributed by atoms with Gasteiger partial charge in [-0.15, -0.1) is 11.3 Å². The quantitative estimate of drug-likeness (QED) is 0.666. The van der Waals surface area contributed by atoms with Crippen molar-refractivity contribution in [2.75, 3.05) is 18.0 Å². The van der Waals surface area contributed by atoms with Crippen LogP contribution in [0.15, 0.2) is 6.07 Å². The van der Waals surface area contributed by atoms with Crippen LogP contribution in [0.2, 0.25) is 0 Å². The van der Waals surface area contributed by atoms with E-state index in [0.29, 0.717) is 15.8 Å². The summed E-state index contributed by atoms with van der Waals surface area (Å²) in [7, 11) is 0. The third-order valence-corrected chi connectivity index (χ3v) is 4.39. The number of aliphatic hydroxyl groups excluding tert-OH is 1. The molecule has 0 amide bonds. The lowest BCUT2D eigenvalue weighted by atomic mass is 10.2. The molecule has 5 nitrogen and oxygen atoms in total. The average Bonchev–Trinajstić information content (AvgIpc) is 2.82. The molecule has 0 radical (unpaired) electrons. The largest absolute Gasteiger partial charge is 0.388 e. The molecule has 1 aromatic heterocycles. The first-order valence-electron chi connectivity index (χ1n) is 5.70. The van der Waals surface area contributed by atoms with Crippen LogP contribution < -0.4 is 4.90 Å². The number of rotatable bonds is 3. The Labute approximate surface area is 104 Å². The number of nitro groups is 1. The zero-order chi connectivity index (χ0) is 12.6. The first-order valence-corrected chi connectivity index (χ1v) is 6.51. The second-order valence-electron chi connectivity index (χ2n) is 4.61. The van der Waals surface area contributed by atoms with Gasteiger partial charge in [0, 0.05) is 24.0 Å². The van der Waals surface area contributed by atoms with E-state index in [2.05, 4.69) is 11.8 Å². The van der Waals surface area contributed by atoms with Crippen molar-refractivity contribution in [2.45, 2.75) is 26.4 Å². The molecule has 1 aliphatic heterocycles. The van der Waals surface area contributed by atoms with Gasteiger partial charge in [-0.3, -0.25) is 10.1 Å². The molecule has 2 atom stereocenters. The number of hydrogen-bond acceptors (Lipinski definition) is 5. The summed E-state index contributed by atoms with van der Waals surface area (Å²) >= 11 is 1.33. The van der Waals surface area contributed by atoms with Crippen LogP contribution in [0, 0.1) is 16.0 Å². The molecule has 94 valence electrons. The van der Waals surface area contributed by atoms with Crippen molar-refractivity contribution < 1.29 is 10.0 Å². The Morgan fingerprint density at radius 3 is 2.88 bits per heavy atom. The molecular weight excluding hydrogens is 240 g/mol. The molecule has 2 heterocycles. The van der Waals surface area contributed by atoms with Crippen LogP contribution in [0.5, 0.6) is 0 Å². The van der Waals surface area contributed by atoms with Crippen LogP contribution in [0.25, 0.3) is 0 Å². The van der Waals surface area contributed by atoms with E-state index in [1.807, 2.05) is 0 Å². The zero-order valence-corrected chi connectivity index (χ0v) is 10.7. The highest BCUT2D eigenvalue weighted by Gasteiger charge is 2.29. The third-order valence-electron chi connectivity index (χ3n) is 3.03. The van der Waals surface area contributed by atoms with E-state index in [1.165, 1.54) is 17.4 Å². The zero-order valence-electron chi connectivity index (χ0n) is 9.92. The van der Waals surface area contributed by atoms with Crippen LogP contribution in [0.1, 0.15) is 31.2 Å². The summed E-state index contributed by atoms with van der Waals surface area (Å²) < 4.78 is 0. The number of thiophene rings is 1. The Bertz CT molecular complexity index is 430. The van der Waals surface area contributed by atoms with E-state index in [-0.39, 0.29) is 10.6 Å². The fourth-order valence-electron chi connectivity index (χ4n) is 2.07. The molecule has 17 heavy (non-hydrogen) atoms. The molecule has 2 rings (SSSR count). The fourth-order valence-corrected chi connectivity index (χ4v) is 3.17. The first kappa shape index (κ1) is 12.3. The maximum absolute atomic E-state index is 11.0. The Hall–Kier alpha value is -1.14. The van der Waals surface area contributed by atoms with Crippen molar-refractivity contribution >= 4 is 22.0 Å². The van der Waals surface area contributed by atoms with E-state index in [1.54, 1.807) is 6.92 Å². The number of anilines is 1. The predicted octanol–water partition coefficient (Wildman–Crippen LogP) is 2.56. The summed E-state index contributed by atoms with van der Waals surface area (Å²) in [5, 5.41) is 21.2. The third kappa shape index (κ3) is 2.42. The van der Waals surface area contributed by atoms with Gasteiger partial charge in [-0.2, -0.15) is 0 Å². The fraction of sp³-hybridized carbons (Fsp3) is 0.636. The second kappa shape index (κ2) is 4.62. The molecular formula is C11H16N2O3S. The Morgan fingerprint density at radius 2 is 2.41 bits per heavy atom. The standard InChI is InChI=1S/C11H16N2O3S/c1-7-3-4-12(6-7)11-9(13(15)16)5-10(17-11)8(2)14/h5,7-8,14H,3-4,6H2,1-2H3/t7?,8-/m1/s1. The van der Waals surface area contributed by atoms with Crippen molar-refractivity contribution in [2.24, 2.45) is 5.92 Å². The molecule has 1 aromatic rings. The lowest BCUT2D eigenvalue weighted by molar-refractivity contribution is -0.383. The van der Waals surface area contributed by atoms with E-state index in [0.717, 1.165) is 19.5 Å². The van der Waals surface area contributed by atoms with E-state index >= 15 is 0 Å². The van der Waals surface area contributed by atoms with Gasteiger partial charge in [0.15, 0.2) is 5.00 Å². The molecule has 0 saturated carbocycles. The smallest absolute Gasteiger partial charge is 0.304 e. The molecule has 0 aromatic carbocycles. The molecule has 0 spiro atoms. The molecule has 1 aliphatic rings. The van der Waals surface area contributed by atoms with Crippen molar-refractivity contribution in [1.82, 2.24) is 0 Å². The second-order valence-corrected chi connectivity index (χ2v) is 5.67. The Balaban J connectivity index is 2.34. The summed E-state index contributed by atoms with van der Waals surface area (Å²) in [4.78, 5) is 13.4. The summed E-state index contributed by atoms with van der Waals surface area (Å²) in [6, 6.07) is 1.49. The van der Waals surface area contributed by atoms with Gasteiger partial charge in [-0.05, 0) is 19.3 Å². The highest BCUT2D eigenvalue weighted by Crippen LogP contribution is 2.41. The predicted molar refractivity (Wildman–Crippen MR) is 67.6 cm³/mol. The molecule has 6 heteroatoms. The minimum absolute atomic E-state index is 0.125. The Kier molecular flexibility index (Phi) is 3.35. The van der Waals surface area contributed by atoms with Gasteiger partial charge >= 0.3 is 5.69 Å². The molecule has 0 aliphatic carbocycles. The van der Waals surface area contributed by atoms with Crippen molar-refractivity contribution in [3.05, 3.63) is 21.1 Å². The van der Waals surface area contributed by atoms with Crippen molar-refractivity contribution in [1.29, 1.82) is 0 Å². The SMILES string of the molecule is CC1CCN(c2sc([C@@H](C)O)cc2[N+](=O)[O-])C1. The molecule has 1 unspecified atom stereocenters. The Morgan fingerprint density at radius 1 is 1.71 bits per heavy atom. The van der Waals surface area contributed by atoms with Gasteiger partial charge in [0.1, 0.15) is 0 Å². The minimum Gasteiger partial charge on any atom is -0.388 e. The molecule has 1 N–H and O–H groups in total. The van der Waals surface area contributed by atoms with Crippen molar-refractivity contribution in [3.63, 3.8) is 0 Å². The summed E-state index contributed by atoms with van der Waals surface area (Å²) in [6.07, 6.45) is 0.423. The van der Waals surface area contributed by atoms with Crippen LogP contribution >= 0.6 is 11.3 Å². The number of nitrogens with zero attached hydrogens (tertiary/aromatic N) is 2. The first-order chi connectivity index (χ1) is 7.99. The monoisotopic (exact) mass is 256 g/mol. The van der Waals surface area contributed by atoms with Gasteiger partial charge in [0.2, 0.25) is 0 Å². The average molecular weight is 256 g/mol. The highest BCUT2D eigenvalue weighted by atomic mass is 32.1. The molecule has 1 saturated heterocycles. The van der Waals surface area contributed by atoms with Crippen LogP contribution in [-0.4, -0.2) is 23.1 Å². The highest BCUT2D eigenvalue weighted by molar-refractivity contribution is 7.16. The van der Waals surface area contributed by atoms with Gasteiger partial charge in [-0.1, -0.05) is 6.92 Å². The van der Waals surface area contributed by atoms with E-state index in [9.17, 15) is 15.2 Å². The van der Waals surface area contributed by atoms with E-state index in [4.69, 9.17) is 0 Å². The molecule has 0 bridgehead atoms. The van der Waals surface area contributed by atoms with E-state index < -0.39 is 6.10 Å².